The highest BCUT2D eigenvalue weighted by Gasteiger charge is 2.12. The van der Waals surface area contributed by atoms with Gasteiger partial charge in [-0.2, -0.15) is 0 Å². The van der Waals surface area contributed by atoms with Gasteiger partial charge in [0, 0.05) is 0 Å². The zero-order chi connectivity index (χ0) is 17.0. The lowest BCUT2D eigenvalue weighted by Crippen LogP contribution is -2.12. The number of ether oxygens (including phenoxy) is 2. The minimum atomic E-state index is -0.383. The number of carbonyl (C=O) groups is 1. The number of hydrogen-bond acceptors (Lipinski definition) is 5. The van der Waals surface area contributed by atoms with Gasteiger partial charge in [-0.25, -0.2) is 4.79 Å². The van der Waals surface area contributed by atoms with Crippen LogP contribution in [-0.2, 0) is 4.74 Å². The number of carbonyl (C=O) groups excluding carboxylic acids is 1. The monoisotopic (exact) mass is 314 g/mol. The van der Waals surface area contributed by atoms with Crippen molar-refractivity contribution < 1.29 is 14.3 Å². The summed E-state index contributed by atoms with van der Waals surface area (Å²) in [4.78, 5) is 11.9. The summed E-state index contributed by atoms with van der Waals surface area (Å²) in [6, 6.07) is 10.9. The molecule has 0 atom stereocenters. The van der Waals surface area contributed by atoms with Crippen molar-refractivity contribution in [1.82, 2.24) is 0 Å². The van der Waals surface area contributed by atoms with Gasteiger partial charge < -0.3 is 20.5 Å². The van der Waals surface area contributed by atoms with E-state index < -0.39 is 0 Å². The lowest BCUT2D eigenvalue weighted by molar-refractivity contribution is 0.0378. The quantitative estimate of drug-likeness (QED) is 0.647. The third kappa shape index (κ3) is 4.16. The summed E-state index contributed by atoms with van der Waals surface area (Å²) in [6.45, 7) is 5.61. The van der Waals surface area contributed by atoms with Crippen molar-refractivity contribution in [1.29, 1.82) is 0 Å². The molecule has 0 saturated heterocycles. The summed E-state index contributed by atoms with van der Waals surface area (Å²) < 4.78 is 10.5. The summed E-state index contributed by atoms with van der Waals surface area (Å²) in [6.07, 6.45) is -0.168. The van der Waals surface area contributed by atoms with Crippen LogP contribution in [-0.4, -0.2) is 19.2 Å². The molecule has 0 aliphatic carbocycles. The van der Waals surface area contributed by atoms with Gasteiger partial charge in [-0.15, -0.1) is 0 Å². The van der Waals surface area contributed by atoms with E-state index in [0.29, 0.717) is 16.9 Å². The SMILES string of the molecule is COc1ccc(C)cc1Nc1ccc(C(=O)OC(C)C)cc1N. The van der Waals surface area contributed by atoms with E-state index in [1.165, 1.54) is 0 Å². The van der Waals surface area contributed by atoms with Crippen LogP contribution in [0.1, 0.15) is 29.8 Å². The fourth-order valence-corrected chi connectivity index (χ4v) is 2.15. The molecule has 23 heavy (non-hydrogen) atoms. The summed E-state index contributed by atoms with van der Waals surface area (Å²) in [7, 11) is 1.62. The van der Waals surface area contributed by atoms with Gasteiger partial charge in [0.1, 0.15) is 5.75 Å². The third-order valence-corrected chi connectivity index (χ3v) is 3.25. The average molecular weight is 314 g/mol. The zero-order valence-corrected chi connectivity index (χ0v) is 13.8. The van der Waals surface area contributed by atoms with Gasteiger partial charge in [0.25, 0.3) is 0 Å². The van der Waals surface area contributed by atoms with Gasteiger partial charge in [-0.1, -0.05) is 6.07 Å². The Bertz CT molecular complexity index is 711. The molecule has 0 fully saturated rings. The van der Waals surface area contributed by atoms with Crippen molar-refractivity contribution in [3.8, 4) is 5.75 Å². The maximum absolute atomic E-state index is 11.9. The van der Waals surface area contributed by atoms with Gasteiger partial charge in [0.15, 0.2) is 0 Å². The molecule has 2 rings (SSSR count). The highest BCUT2D eigenvalue weighted by Crippen LogP contribution is 2.31. The van der Waals surface area contributed by atoms with Crippen molar-refractivity contribution in [2.24, 2.45) is 0 Å². The van der Waals surface area contributed by atoms with Gasteiger partial charge in [-0.3, -0.25) is 0 Å². The Morgan fingerprint density at radius 2 is 1.87 bits per heavy atom. The Morgan fingerprint density at radius 1 is 1.13 bits per heavy atom. The molecule has 0 heterocycles. The van der Waals surface area contributed by atoms with E-state index in [1.807, 2.05) is 25.1 Å². The van der Waals surface area contributed by atoms with Crippen LogP contribution in [0.25, 0.3) is 0 Å². The number of methoxy groups -OCH3 is 1. The number of esters is 1. The highest BCUT2D eigenvalue weighted by atomic mass is 16.5. The van der Waals surface area contributed by atoms with Crippen molar-refractivity contribution in [2.75, 3.05) is 18.2 Å². The minimum Gasteiger partial charge on any atom is -0.495 e. The lowest BCUT2D eigenvalue weighted by Gasteiger charge is -2.14. The molecule has 122 valence electrons. The molecule has 0 amide bonds. The topological polar surface area (TPSA) is 73.6 Å². The first kappa shape index (κ1) is 16.7. The van der Waals surface area contributed by atoms with Crippen LogP contribution in [0.2, 0.25) is 0 Å². The Kier molecular flexibility index (Phi) is 5.11. The van der Waals surface area contributed by atoms with E-state index in [2.05, 4.69) is 5.32 Å². The largest absolute Gasteiger partial charge is 0.495 e. The molecule has 3 N–H and O–H groups in total. The Labute approximate surface area is 136 Å². The van der Waals surface area contributed by atoms with E-state index in [9.17, 15) is 4.79 Å². The van der Waals surface area contributed by atoms with Gasteiger partial charge >= 0.3 is 5.97 Å². The summed E-state index contributed by atoms with van der Waals surface area (Å²) in [5, 5.41) is 3.24. The number of rotatable bonds is 5. The van der Waals surface area contributed by atoms with Gasteiger partial charge in [0.05, 0.1) is 35.8 Å². The number of nitrogens with one attached hydrogen (secondary N) is 1. The van der Waals surface area contributed by atoms with Crippen LogP contribution < -0.4 is 15.8 Å². The number of aryl methyl sites for hydroxylation is 1. The average Bonchev–Trinajstić information content (AvgIpc) is 2.49. The van der Waals surface area contributed by atoms with E-state index >= 15 is 0 Å². The fourth-order valence-electron chi connectivity index (χ4n) is 2.15. The predicted octanol–water partition coefficient (Wildman–Crippen LogP) is 3.89. The molecule has 0 aliphatic rings. The molecule has 0 spiro atoms. The molecule has 0 bridgehead atoms. The third-order valence-electron chi connectivity index (χ3n) is 3.25. The summed E-state index contributed by atoms with van der Waals surface area (Å²) >= 11 is 0. The normalized spacial score (nSPS) is 10.5. The molecule has 2 aromatic carbocycles. The molecule has 0 aromatic heterocycles. The maximum atomic E-state index is 11.9. The van der Waals surface area contributed by atoms with E-state index in [-0.39, 0.29) is 12.1 Å². The van der Waals surface area contributed by atoms with Gasteiger partial charge in [-0.05, 0) is 56.7 Å². The van der Waals surface area contributed by atoms with E-state index in [1.54, 1.807) is 39.2 Å². The van der Waals surface area contributed by atoms with Crippen molar-refractivity contribution in [3.63, 3.8) is 0 Å². The molecular formula is C18H22N2O3. The molecule has 5 heteroatoms. The van der Waals surface area contributed by atoms with Gasteiger partial charge in [0.2, 0.25) is 0 Å². The lowest BCUT2D eigenvalue weighted by atomic mass is 10.1. The standard InChI is InChI=1S/C18H22N2O3/c1-11(2)23-18(21)13-6-7-15(14(19)10-13)20-16-9-12(3)5-8-17(16)22-4/h5-11,20H,19H2,1-4H3. The Hall–Kier alpha value is -2.69. The smallest absolute Gasteiger partial charge is 0.338 e. The number of nitrogen functional groups attached to an aromatic ring is 1. The van der Waals surface area contributed by atoms with Crippen LogP contribution in [0.5, 0.6) is 5.75 Å². The number of hydrogen-bond donors (Lipinski definition) is 2. The summed E-state index contributed by atoms with van der Waals surface area (Å²) in [5.74, 6) is 0.338. The molecule has 0 unspecified atom stereocenters. The first-order chi connectivity index (χ1) is 10.9. The minimum absolute atomic E-state index is 0.168. The molecule has 0 saturated carbocycles. The maximum Gasteiger partial charge on any atom is 0.338 e. The van der Waals surface area contributed by atoms with E-state index in [4.69, 9.17) is 15.2 Å². The summed E-state index contributed by atoms with van der Waals surface area (Å²) in [5.41, 5.74) is 9.57. The van der Waals surface area contributed by atoms with Crippen LogP contribution in [0, 0.1) is 6.92 Å². The highest BCUT2D eigenvalue weighted by molar-refractivity contribution is 5.92. The van der Waals surface area contributed by atoms with Crippen molar-refractivity contribution in [2.45, 2.75) is 26.9 Å². The number of benzene rings is 2. The zero-order valence-electron chi connectivity index (χ0n) is 13.8. The number of nitrogens with two attached hydrogens (primary N) is 1. The second-order valence-corrected chi connectivity index (χ2v) is 5.58. The molecule has 0 radical (unpaired) electrons. The van der Waals surface area contributed by atoms with Crippen molar-refractivity contribution in [3.05, 3.63) is 47.5 Å². The first-order valence-electron chi connectivity index (χ1n) is 7.43. The first-order valence-corrected chi connectivity index (χ1v) is 7.43. The molecular weight excluding hydrogens is 292 g/mol. The van der Waals surface area contributed by atoms with Crippen molar-refractivity contribution >= 4 is 23.0 Å². The predicted molar refractivity (Wildman–Crippen MR) is 92.4 cm³/mol. The van der Waals surface area contributed by atoms with Crippen LogP contribution in [0.4, 0.5) is 17.1 Å². The molecule has 0 aliphatic heterocycles. The molecule has 5 nitrogen and oxygen atoms in total. The van der Waals surface area contributed by atoms with Crippen LogP contribution >= 0.6 is 0 Å². The van der Waals surface area contributed by atoms with E-state index in [0.717, 1.165) is 17.0 Å². The van der Waals surface area contributed by atoms with Crippen LogP contribution in [0.15, 0.2) is 36.4 Å². The Balaban J connectivity index is 2.25. The molecule has 2 aromatic rings. The van der Waals surface area contributed by atoms with Crippen LogP contribution in [0.3, 0.4) is 0 Å². The second-order valence-electron chi connectivity index (χ2n) is 5.58. The fraction of sp³-hybridized carbons (Fsp3) is 0.278. The number of anilines is 3. The second kappa shape index (κ2) is 7.05. The Morgan fingerprint density at radius 3 is 2.48 bits per heavy atom.